The average molecular weight is 330 g/mol. The molecule has 0 radical (unpaired) electrons. The highest BCUT2D eigenvalue weighted by Crippen LogP contribution is 2.14. The molecule has 5 nitrogen and oxygen atoms in total. The Hall–Kier alpha value is -2.89. The van der Waals surface area contributed by atoms with E-state index in [0.29, 0.717) is 11.3 Å². The van der Waals surface area contributed by atoms with Crippen LogP contribution in [0.3, 0.4) is 0 Å². The highest BCUT2D eigenvalue weighted by molar-refractivity contribution is 5.97. The van der Waals surface area contributed by atoms with E-state index in [-0.39, 0.29) is 0 Å². The van der Waals surface area contributed by atoms with Crippen LogP contribution in [0.1, 0.15) is 17.3 Å². The van der Waals surface area contributed by atoms with Crippen molar-refractivity contribution < 1.29 is 18.7 Å². The van der Waals surface area contributed by atoms with Crippen LogP contribution in [0, 0.1) is 5.82 Å². The van der Waals surface area contributed by atoms with Crippen molar-refractivity contribution in [1.82, 2.24) is 0 Å². The van der Waals surface area contributed by atoms with Crippen LogP contribution in [0.5, 0.6) is 0 Å². The molecule has 2 aromatic carbocycles. The molecule has 1 N–H and O–H groups in total. The number of amides is 1. The minimum Gasteiger partial charge on any atom is -0.449 e. The van der Waals surface area contributed by atoms with Gasteiger partial charge in [-0.05, 0) is 55.5 Å². The smallest absolute Gasteiger partial charge is 0.338 e. The molecular formula is C18H19FN2O3. The van der Waals surface area contributed by atoms with Crippen molar-refractivity contribution in [3.05, 3.63) is 59.9 Å². The monoisotopic (exact) mass is 330 g/mol. The number of benzene rings is 2. The molecule has 1 atom stereocenters. The molecule has 0 unspecified atom stereocenters. The quantitative estimate of drug-likeness (QED) is 0.856. The van der Waals surface area contributed by atoms with Gasteiger partial charge in [-0.2, -0.15) is 0 Å². The van der Waals surface area contributed by atoms with Gasteiger partial charge in [0.25, 0.3) is 5.91 Å². The molecule has 2 aromatic rings. The molecule has 0 aliphatic carbocycles. The minimum atomic E-state index is -0.976. The Balaban J connectivity index is 1.94. The number of rotatable bonds is 5. The van der Waals surface area contributed by atoms with Crippen LogP contribution >= 0.6 is 0 Å². The van der Waals surface area contributed by atoms with Crippen LogP contribution in [-0.4, -0.2) is 32.1 Å². The number of nitrogens with one attached hydrogen (secondary N) is 1. The van der Waals surface area contributed by atoms with Gasteiger partial charge in [0.1, 0.15) is 5.82 Å². The van der Waals surface area contributed by atoms with E-state index in [9.17, 15) is 14.0 Å². The minimum absolute atomic E-state index is 0.363. The second-order valence-electron chi connectivity index (χ2n) is 5.48. The maximum absolute atomic E-state index is 12.8. The molecule has 0 saturated heterocycles. The van der Waals surface area contributed by atoms with E-state index in [1.165, 1.54) is 31.2 Å². The summed E-state index contributed by atoms with van der Waals surface area (Å²) < 4.78 is 18.0. The van der Waals surface area contributed by atoms with E-state index in [4.69, 9.17) is 4.74 Å². The van der Waals surface area contributed by atoms with Crippen LogP contribution in [0.2, 0.25) is 0 Å². The maximum Gasteiger partial charge on any atom is 0.338 e. The Bertz CT molecular complexity index is 712. The summed E-state index contributed by atoms with van der Waals surface area (Å²) in [5, 5.41) is 2.56. The molecule has 0 saturated carbocycles. The molecule has 6 heteroatoms. The van der Waals surface area contributed by atoms with Gasteiger partial charge < -0.3 is 15.0 Å². The summed E-state index contributed by atoms with van der Waals surface area (Å²) in [6.45, 7) is 1.48. The molecule has 126 valence electrons. The van der Waals surface area contributed by atoms with Gasteiger partial charge in [0.15, 0.2) is 6.10 Å². The van der Waals surface area contributed by atoms with E-state index in [0.717, 1.165) is 5.69 Å². The normalized spacial score (nSPS) is 11.5. The Morgan fingerprint density at radius 1 is 1.04 bits per heavy atom. The SMILES string of the molecule is C[C@H](OC(=O)c1ccc(N(C)C)cc1)C(=O)Nc1ccc(F)cc1. The van der Waals surface area contributed by atoms with Crippen molar-refractivity contribution >= 4 is 23.3 Å². The van der Waals surface area contributed by atoms with Crippen molar-refractivity contribution in [2.75, 3.05) is 24.3 Å². The highest BCUT2D eigenvalue weighted by atomic mass is 19.1. The molecule has 24 heavy (non-hydrogen) atoms. The second-order valence-corrected chi connectivity index (χ2v) is 5.48. The van der Waals surface area contributed by atoms with Gasteiger partial charge in [-0.15, -0.1) is 0 Å². The average Bonchev–Trinajstić information content (AvgIpc) is 2.56. The Kier molecular flexibility index (Phi) is 5.52. The first-order valence-electron chi connectivity index (χ1n) is 7.41. The molecule has 0 aliphatic rings. The number of hydrogen-bond acceptors (Lipinski definition) is 4. The van der Waals surface area contributed by atoms with Gasteiger partial charge in [0.05, 0.1) is 5.56 Å². The molecule has 0 aromatic heterocycles. The predicted octanol–water partition coefficient (Wildman–Crippen LogP) is 3.08. The standard InChI is InChI=1S/C18H19FN2O3/c1-12(17(22)20-15-8-6-14(19)7-9-15)24-18(23)13-4-10-16(11-5-13)21(2)3/h4-12H,1-3H3,(H,20,22)/t12-/m0/s1. The van der Waals surface area contributed by atoms with Crippen molar-refractivity contribution in [2.45, 2.75) is 13.0 Å². The van der Waals surface area contributed by atoms with Crippen LogP contribution in [0.15, 0.2) is 48.5 Å². The fraction of sp³-hybridized carbons (Fsp3) is 0.222. The predicted molar refractivity (Wildman–Crippen MR) is 90.7 cm³/mol. The van der Waals surface area contributed by atoms with Gasteiger partial charge in [0, 0.05) is 25.5 Å². The van der Waals surface area contributed by atoms with Gasteiger partial charge in [-0.25, -0.2) is 9.18 Å². The van der Waals surface area contributed by atoms with Crippen molar-refractivity contribution in [1.29, 1.82) is 0 Å². The Morgan fingerprint density at radius 2 is 1.62 bits per heavy atom. The lowest BCUT2D eigenvalue weighted by Gasteiger charge is -2.15. The molecule has 0 aliphatic heterocycles. The first-order valence-corrected chi connectivity index (χ1v) is 7.41. The second kappa shape index (κ2) is 7.59. The van der Waals surface area contributed by atoms with Crippen molar-refractivity contribution in [3.8, 4) is 0 Å². The van der Waals surface area contributed by atoms with Crippen molar-refractivity contribution in [3.63, 3.8) is 0 Å². The maximum atomic E-state index is 12.8. The van der Waals surface area contributed by atoms with E-state index in [2.05, 4.69) is 5.32 Å². The third kappa shape index (κ3) is 4.55. The summed E-state index contributed by atoms with van der Waals surface area (Å²) in [7, 11) is 3.80. The van der Waals surface area contributed by atoms with Gasteiger partial charge in [-0.3, -0.25) is 4.79 Å². The fourth-order valence-electron chi connectivity index (χ4n) is 1.95. The number of esters is 1. The molecule has 0 spiro atoms. The van der Waals surface area contributed by atoms with E-state index in [1.54, 1.807) is 24.3 Å². The first kappa shape index (κ1) is 17.5. The Labute approximate surface area is 140 Å². The summed E-state index contributed by atoms with van der Waals surface area (Å²) in [5.41, 5.74) is 1.75. The first-order chi connectivity index (χ1) is 11.4. The molecule has 0 fully saturated rings. The molecule has 0 bridgehead atoms. The van der Waals surface area contributed by atoms with Crippen LogP contribution in [0.4, 0.5) is 15.8 Å². The zero-order valence-electron chi connectivity index (χ0n) is 13.7. The molecule has 1 amide bonds. The van der Waals surface area contributed by atoms with Gasteiger partial charge >= 0.3 is 5.97 Å². The fourth-order valence-corrected chi connectivity index (χ4v) is 1.95. The number of ether oxygens (including phenoxy) is 1. The summed E-state index contributed by atoms with van der Waals surface area (Å²) >= 11 is 0. The molecule has 0 heterocycles. The number of anilines is 2. The van der Waals surface area contributed by atoms with E-state index >= 15 is 0 Å². The van der Waals surface area contributed by atoms with Crippen LogP contribution in [0.25, 0.3) is 0 Å². The van der Waals surface area contributed by atoms with E-state index < -0.39 is 23.8 Å². The number of nitrogens with zero attached hydrogens (tertiary/aromatic N) is 1. The third-order valence-corrected chi connectivity index (χ3v) is 3.38. The van der Waals surface area contributed by atoms with Gasteiger partial charge in [-0.1, -0.05) is 0 Å². The van der Waals surface area contributed by atoms with Crippen LogP contribution in [-0.2, 0) is 9.53 Å². The summed E-state index contributed by atoms with van der Waals surface area (Å²) in [4.78, 5) is 26.0. The lowest BCUT2D eigenvalue weighted by molar-refractivity contribution is -0.123. The third-order valence-electron chi connectivity index (χ3n) is 3.38. The molecular weight excluding hydrogens is 311 g/mol. The zero-order valence-corrected chi connectivity index (χ0v) is 13.7. The topological polar surface area (TPSA) is 58.6 Å². The number of carbonyl (C=O) groups is 2. The largest absolute Gasteiger partial charge is 0.449 e. The summed E-state index contributed by atoms with van der Waals surface area (Å²) in [5.74, 6) is -1.46. The summed E-state index contributed by atoms with van der Waals surface area (Å²) in [6, 6.07) is 12.2. The number of halogens is 1. The highest BCUT2D eigenvalue weighted by Gasteiger charge is 2.19. The number of carbonyl (C=O) groups excluding carboxylic acids is 2. The van der Waals surface area contributed by atoms with Gasteiger partial charge in [0.2, 0.25) is 0 Å². The van der Waals surface area contributed by atoms with Crippen LogP contribution < -0.4 is 10.2 Å². The lowest BCUT2D eigenvalue weighted by Crippen LogP contribution is -2.30. The van der Waals surface area contributed by atoms with E-state index in [1.807, 2.05) is 19.0 Å². The lowest BCUT2D eigenvalue weighted by atomic mass is 10.2. The Morgan fingerprint density at radius 3 is 2.17 bits per heavy atom. The summed E-state index contributed by atoms with van der Waals surface area (Å²) in [6.07, 6.45) is -0.976. The number of hydrogen-bond donors (Lipinski definition) is 1. The zero-order chi connectivity index (χ0) is 17.7. The van der Waals surface area contributed by atoms with Crippen molar-refractivity contribution in [2.24, 2.45) is 0 Å². The molecule has 2 rings (SSSR count).